The molecule has 2 aromatic heterocycles. The highest BCUT2D eigenvalue weighted by atomic mass is 16.6. The molecule has 8 nitrogen and oxygen atoms in total. The number of hydrogen-bond donors (Lipinski definition) is 0. The molecular weight excluding hydrogens is 446 g/mol. The number of amides is 2. The van der Waals surface area contributed by atoms with Crippen LogP contribution >= 0.6 is 0 Å². The van der Waals surface area contributed by atoms with Gasteiger partial charge in [-0.05, 0) is 36.4 Å². The second kappa shape index (κ2) is 8.79. The summed E-state index contributed by atoms with van der Waals surface area (Å²) in [5.41, 5.74) is 1.91. The third kappa shape index (κ3) is 3.97. The summed E-state index contributed by atoms with van der Waals surface area (Å²) in [6.45, 7) is 1.90. The van der Waals surface area contributed by atoms with Gasteiger partial charge < -0.3 is 23.7 Å². The minimum Gasteiger partial charge on any atom is -0.485 e. The third-order valence-corrected chi connectivity index (χ3v) is 6.38. The first kappa shape index (κ1) is 21.2. The average molecular weight is 469 g/mol. The Bertz CT molecular complexity index is 1390. The molecule has 0 bridgehead atoms. The zero-order valence-electron chi connectivity index (χ0n) is 18.9. The SMILES string of the molecule is O=C(c1cc(-c2ccco2)nc2ccccc12)N1CCN(C(=O)C2COc3ccccc3O2)CC1. The Morgan fingerprint density at radius 3 is 2.40 bits per heavy atom. The maximum atomic E-state index is 13.6. The van der Waals surface area contributed by atoms with Gasteiger partial charge in [-0.2, -0.15) is 0 Å². The van der Waals surface area contributed by atoms with E-state index in [9.17, 15) is 9.59 Å². The van der Waals surface area contributed by atoms with Crippen LogP contribution in [-0.2, 0) is 4.79 Å². The monoisotopic (exact) mass is 469 g/mol. The number of fused-ring (bicyclic) bond motifs is 2. The Kier molecular flexibility index (Phi) is 5.33. The standard InChI is InChI=1S/C27H23N3O5/c31-26(19-16-21(22-10-5-15-33-22)28-20-7-2-1-6-18(19)20)29-11-13-30(14-12-29)27(32)25-17-34-23-8-3-4-9-24(23)35-25/h1-10,15-16,25H,11-14,17H2. The van der Waals surface area contributed by atoms with Crippen molar-refractivity contribution >= 4 is 22.7 Å². The van der Waals surface area contributed by atoms with Gasteiger partial charge in [0.05, 0.1) is 17.3 Å². The minimum absolute atomic E-state index is 0.0883. The van der Waals surface area contributed by atoms with Crippen LogP contribution in [0.5, 0.6) is 11.5 Å². The third-order valence-electron chi connectivity index (χ3n) is 6.38. The van der Waals surface area contributed by atoms with Crippen LogP contribution in [0.4, 0.5) is 0 Å². The summed E-state index contributed by atoms with van der Waals surface area (Å²) >= 11 is 0. The molecule has 4 aromatic rings. The van der Waals surface area contributed by atoms with E-state index in [-0.39, 0.29) is 18.4 Å². The highest BCUT2D eigenvalue weighted by molar-refractivity contribution is 6.07. The van der Waals surface area contributed by atoms with E-state index in [1.807, 2.05) is 48.5 Å². The van der Waals surface area contributed by atoms with Crippen LogP contribution in [0.1, 0.15) is 10.4 Å². The second-order valence-electron chi connectivity index (χ2n) is 8.53. The van der Waals surface area contributed by atoms with Crippen LogP contribution in [0, 0.1) is 0 Å². The van der Waals surface area contributed by atoms with Gasteiger partial charge in [-0.3, -0.25) is 9.59 Å². The lowest BCUT2D eigenvalue weighted by molar-refractivity contribution is -0.142. The second-order valence-corrected chi connectivity index (χ2v) is 8.53. The first-order valence-corrected chi connectivity index (χ1v) is 11.6. The molecule has 1 atom stereocenters. The molecule has 2 aliphatic heterocycles. The zero-order chi connectivity index (χ0) is 23.8. The fourth-order valence-electron chi connectivity index (χ4n) is 4.55. The molecular formula is C27H23N3O5. The van der Waals surface area contributed by atoms with Crippen molar-refractivity contribution in [2.75, 3.05) is 32.8 Å². The normalized spacial score (nSPS) is 17.4. The molecule has 0 aliphatic carbocycles. The number of para-hydroxylation sites is 3. The van der Waals surface area contributed by atoms with Gasteiger partial charge in [-0.15, -0.1) is 0 Å². The lowest BCUT2D eigenvalue weighted by Crippen LogP contribution is -2.55. The average Bonchev–Trinajstić information content (AvgIpc) is 3.47. The Hall–Kier alpha value is -4.33. The first-order valence-electron chi connectivity index (χ1n) is 11.6. The summed E-state index contributed by atoms with van der Waals surface area (Å²) in [6.07, 6.45) is 0.899. The van der Waals surface area contributed by atoms with Gasteiger partial charge in [0.25, 0.3) is 11.8 Å². The molecule has 2 aromatic carbocycles. The fraction of sp³-hybridized carbons (Fsp3) is 0.222. The van der Waals surface area contributed by atoms with Crippen molar-refractivity contribution in [3.63, 3.8) is 0 Å². The number of nitrogens with zero attached hydrogens (tertiary/aromatic N) is 3. The number of rotatable bonds is 3. The van der Waals surface area contributed by atoms with Crippen molar-refractivity contribution in [3.05, 3.63) is 78.6 Å². The maximum Gasteiger partial charge on any atom is 0.267 e. The van der Waals surface area contributed by atoms with Crippen LogP contribution in [0.3, 0.4) is 0 Å². The quantitative estimate of drug-likeness (QED) is 0.456. The Morgan fingerprint density at radius 2 is 1.60 bits per heavy atom. The molecule has 0 N–H and O–H groups in total. The summed E-state index contributed by atoms with van der Waals surface area (Å²) in [5, 5.41) is 0.790. The van der Waals surface area contributed by atoms with E-state index < -0.39 is 6.10 Å². The van der Waals surface area contributed by atoms with Crippen LogP contribution in [0.2, 0.25) is 0 Å². The summed E-state index contributed by atoms with van der Waals surface area (Å²) < 4.78 is 17.1. The Balaban J connectivity index is 1.18. The van der Waals surface area contributed by atoms with Crippen LogP contribution in [0.25, 0.3) is 22.4 Å². The van der Waals surface area contributed by atoms with Crippen LogP contribution in [-0.4, -0.2) is 65.5 Å². The molecule has 2 amide bonds. The molecule has 6 rings (SSSR count). The number of carbonyl (C=O) groups excluding carboxylic acids is 2. The molecule has 35 heavy (non-hydrogen) atoms. The summed E-state index contributed by atoms with van der Waals surface area (Å²) in [5.74, 6) is 1.61. The molecule has 0 radical (unpaired) electrons. The van der Waals surface area contributed by atoms with Gasteiger partial charge >= 0.3 is 0 Å². The lowest BCUT2D eigenvalue weighted by Gasteiger charge is -2.37. The number of pyridine rings is 1. The lowest BCUT2D eigenvalue weighted by atomic mass is 10.0. The highest BCUT2D eigenvalue weighted by Gasteiger charge is 2.34. The van der Waals surface area contributed by atoms with Crippen molar-refractivity contribution in [3.8, 4) is 23.0 Å². The number of ether oxygens (including phenoxy) is 2. The number of benzene rings is 2. The van der Waals surface area contributed by atoms with E-state index in [4.69, 9.17) is 13.9 Å². The van der Waals surface area contributed by atoms with E-state index in [0.717, 1.165) is 10.9 Å². The summed E-state index contributed by atoms with van der Waals surface area (Å²) in [7, 11) is 0. The molecule has 8 heteroatoms. The van der Waals surface area contributed by atoms with E-state index in [1.165, 1.54) is 0 Å². The largest absolute Gasteiger partial charge is 0.485 e. The van der Waals surface area contributed by atoms with Crippen LogP contribution in [0.15, 0.2) is 77.4 Å². The molecule has 1 fully saturated rings. The highest BCUT2D eigenvalue weighted by Crippen LogP contribution is 2.31. The smallest absolute Gasteiger partial charge is 0.267 e. The Labute approximate surface area is 201 Å². The molecule has 0 saturated carbocycles. The molecule has 0 spiro atoms. The molecule has 1 saturated heterocycles. The Morgan fingerprint density at radius 1 is 0.857 bits per heavy atom. The number of aromatic nitrogens is 1. The van der Waals surface area contributed by atoms with Crippen molar-refractivity contribution in [1.82, 2.24) is 14.8 Å². The van der Waals surface area contributed by atoms with Gasteiger partial charge in [0.1, 0.15) is 12.3 Å². The zero-order valence-corrected chi connectivity index (χ0v) is 18.9. The summed E-state index contributed by atoms with van der Waals surface area (Å²) in [6, 6.07) is 20.3. The van der Waals surface area contributed by atoms with Crippen LogP contribution < -0.4 is 9.47 Å². The van der Waals surface area contributed by atoms with Crippen molar-refractivity contribution in [2.24, 2.45) is 0 Å². The fourth-order valence-corrected chi connectivity index (χ4v) is 4.55. The molecule has 4 heterocycles. The predicted octanol–water partition coefficient (Wildman–Crippen LogP) is 3.62. The van der Waals surface area contributed by atoms with E-state index in [2.05, 4.69) is 4.98 Å². The van der Waals surface area contributed by atoms with Crippen molar-refractivity contribution < 1.29 is 23.5 Å². The van der Waals surface area contributed by atoms with Crippen molar-refractivity contribution in [2.45, 2.75) is 6.10 Å². The van der Waals surface area contributed by atoms with Gasteiger partial charge in [0.2, 0.25) is 6.10 Å². The minimum atomic E-state index is -0.688. The number of hydrogen-bond acceptors (Lipinski definition) is 6. The van der Waals surface area contributed by atoms with Gasteiger partial charge in [0.15, 0.2) is 17.3 Å². The van der Waals surface area contributed by atoms with Crippen molar-refractivity contribution in [1.29, 1.82) is 0 Å². The topological polar surface area (TPSA) is 85.1 Å². The number of piperazine rings is 1. The number of carbonyl (C=O) groups is 2. The maximum absolute atomic E-state index is 13.6. The first-order chi connectivity index (χ1) is 17.2. The van der Waals surface area contributed by atoms with E-state index in [1.54, 1.807) is 34.3 Å². The van der Waals surface area contributed by atoms with Gasteiger partial charge in [-0.25, -0.2) is 4.98 Å². The molecule has 2 aliphatic rings. The molecule has 1 unspecified atom stereocenters. The van der Waals surface area contributed by atoms with E-state index in [0.29, 0.717) is 54.7 Å². The van der Waals surface area contributed by atoms with Gasteiger partial charge in [-0.1, -0.05) is 30.3 Å². The molecule has 176 valence electrons. The number of furan rings is 1. The van der Waals surface area contributed by atoms with E-state index >= 15 is 0 Å². The predicted molar refractivity (Wildman–Crippen MR) is 128 cm³/mol. The summed E-state index contributed by atoms with van der Waals surface area (Å²) in [4.78, 5) is 34.8. The van der Waals surface area contributed by atoms with Gasteiger partial charge in [0, 0.05) is 31.6 Å².